The molecule has 1 unspecified atom stereocenters. The van der Waals surface area contributed by atoms with Crippen LogP contribution in [-0.4, -0.2) is 24.7 Å². The predicted octanol–water partition coefficient (Wildman–Crippen LogP) is 2.92. The number of aliphatic hydroxyl groups excluding tert-OH is 1. The van der Waals surface area contributed by atoms with Gasteiger partial charge in [0.1, 0.15) is 6.10 Å². The van der Waals surface area contributed by atoms with E-state index in [1.54, 1.807) is 0 Å². The van der Waals surface area contributed by atoms with Gasteiger partial charge in [-0.05, 0) is 33.3 Å². The van der Waals surface area contributed by atoms with E-state index in [2.05, 4.69) is 17.1 Å². The average molecular weight is 311 g/mol. The van der Waals surface area contributed by atoms with Crippen molar-refractivity contribution in [2.24, 2.45) is 0 Å². The monoisotopic (exact) mass is 310 g/mol. The minimum absolute atomic E-state index is 0.447. The molecule has 21 heavy (non-hydrogen) atoms. The molecule has 0 aliphatic rings. The van der Waals surface area contributed by atoms with Crippen LogP contribution in [0, 0.1) is 6.92 Å². The second-order valence-electron chi connectivity index (χ2n) is 5.11. The number of rotatable bonds is 6. The Kier molecular flexibility index (Phi) is 5.06. The summed E-state index contributed by atoms with van der Waals surface area (Å²) < 4.78 is 3.71. The van der Waals surface area contributed by atoms with Gasteiger partial charge >= 0.3 is 0 Å². The summed E-state index contributed by atoms with van der Waals surface area (Å²) in [6, 6.07) is 1.97. The van der Waals surface area contributed by atoms with Crippen molar-refractivity contribution in [1.82, 2.24) is 19.6 Å². The summed E-state index contributed by atoms with van der Waals surface area (Å²) >= 11 is 6.31. The third kappa shape index (κ3) is 3.14. The predicted molar refractivity (Wildman–Crippen MR) is 83.6 cm³/mol. The van der Waals surface area contributed by atoms with Crippen molar-refractivity contribution in [3.8, 4) is 0 Å². The Morgan fingerprint density at radius 3 is 2.43 bits per heavy atom. The Morgan fingerprint density at radius 2 is 1.86 bits per heavy atom. The van der Waals surface area contributed by atoms with E-state index in [1.165, 1.54) is 0 Å². The van der Waals surface area contributed by atoms with E-state index in [0.717, 1.165) is 42.3 Å². The topological polar surface area (TPSA) is 55.9 Å². The highest BCUT2D eigenvalue weighted by Gasteiger charge is 2.20. The lowest BCUT2D eigenvalue weighted by molar-refractivity contribution is 0.164. The maximum Gasteiger partial charge on any atom is 0.101 e. The van der Waals surface area contributed by atoms with E-state index in [0.29, 0.717) is 11.4 Å². The molecule has 2 rings (SSSR count). The number of aryl methyl sites for hydroxylation is 4. The van der Waals surface area contributed by atoms with E-state index >= 15 is 0 Å². The molecule has 0 aliphatic carbocycles. The zero-order valence-corrected chi connectivity index (χ0v) is 13.9. The zero-order valence-electron chi connectivity index (χ0n) is 13.1. The largest absolute Gasteiger partial charge is 0.386 e. The van der Waals surface area contributed by atoms with Crippen LogP contribution in [0.5, 0.6) is 0 Å². The Balaban J connectivity index is 2.29. The van der Waals surface area contributed by atoms with E-state index in [9.17, 15) is 5.11 Å². The summed E-state index contributed by atoms with van der Waals surface area (Å²) in [6.45, 7) is 9.47. The molecule has 0 aliphatic heterocycles. The summed E-state index contributed by atoms with van der Waals surface area (Å²) in [5.74, 6) is 0. The van der Waals surface area contributed by atoms with Gasteiger partial charge in [0.25, 0.3) is 0 Å². The van der Waals surface area contributed by atoms with Gasteiger partial charge in [-0.15, -0.1) is 0 Å². The van der Waals surface area contributed by atoms with Crippen molar-refractivity contribution in [1.29, 1.82) is 0 Å². The molecule has 0 amide bonds. The molecule has 0 aromatic carbocycles. The minimum atomic E-state index is -0.628. The van der Waals surface area contributed by atoms with E-state index in [-0.39, 0.29) is 0 Å². The fraction of sp³-hybridized carbons (Fsp3) is 0.600. The maximum atomic E-state index is 10.6. The molecule has 0 saturated carbocycles. The normalized spacial score (nSPS) is 12.9. The van der Waals surface area contributed by atoms with Gasteiger partial charge < -0.3 is 5.11 Å². The van der Waals surface area contributed by atoms with Gasteiger partial charge in [-0.1, -0.05) is 18.5 Å². The molecule has 116 valence electrons. The van der Waals surface area contributed by atoms with Crippen LogP contribution in [0.1, 0.15) is 49.7 Å². The van der Waals surface area contributed by atoms with Crippen molar-refractivity contribution in [2.75, 3.05) is 0 Å². The molecule has 1 N–H and O–H groups in total. The fourth-order valence-electron chi connectivity index (χ4n) is 2.53. The molecular weight excluding hydrogens is 288 g/mol. The summed E-state index contributed by atoms with van der Waals surface area (Å²) in [7, 11) is 0. The van der Waals surface area contributed by atoms with Gasteiger partial charge in [-0.25, -0.2) is 0 Å². The number of aromatic nitrogens is 4. The molecule has 0 saturated heterocycles. The van der Waals surface area contributed by atoms with Gasteiger partial charge in [0.2, 0.25) is 0 Å². The van der Waals surface area contributed by atoms with Gasteiger partial charge in [-0.3, -0.25) is 9.36 Å². The second-order valence-corrected chi connectivity index (χ2v) is 5.49. The van der Waals surface area contributed by atoms with Crippen molar-refractivity contribution in [3.63, 3.8) is 0 Å². The molecular formula is C15H23ClN4O. The molecule has 2 heterocycles. The molecule has 0 spiro atoms. The molecule has 0 radical (unpaired) electrons. The Morgan fingerprint density at radius 1 is 1.19 bits per heavy atom. The highest BCUT2D eigenvalue weighted by atomic mass is 35.5. The summed E-state index contributed by atoms with van der Waals surface area (Å²) in [4.78, 5) is 0. The van der Waals surface area contributed by atoms with Gasteiger partial charge in [0.05, 0.1) is 27.8 Å². The smallest absolute Gasteiger partial charge is 0.101 e. The average Bonchev–Trinajstić information content (AvgIpc) is 3.03. The van der Waals surface area contributed by atoms with Gasteiger partial charge in [-0.2, -0.15) is 10.2 Å². The van der Waals surface area contributed by atoms with Gasteiger partial charge in [0.15, 0.2) is 0 Å². The molecule has 0 bridgehead atoms. The molecule has 5 nitrogen and oxygen atoms in total. The quantitative estimate of drug-likeness (QED) is 0.892. The Hall–Kier alpha value is -1.33. The molecule has 2 aromatic heterocycles. The standard InChI is InChI=1S/C15H23ClN4O/c1-5-11-8-12(19(6-2)18-11)14(21)9-13-15(16)10(4)17-20(13)7-3/h8,14,21H,5-7,9H2,1-4H3. The first-order chi connectivity index (χ1) is 10.0. The van der Waals surface area contributed by atoms with Crippen LogP contribution in [-0.2, 0) is 25.9 Å². The lowest BCUT2D eigenvalue weighted by Crippen LogP contribution is -2.13. The van der Waals surface area contributed by atoms with E-state index in [1.807, 2.05) is 36.2 Å². The Bertz CT molecular complexity index is 617. The molecule has 1 atom stereocenters. The van der Waals surface area contributed by atoms with E-state index in [4.69, 9.17) is 11.6 Å². The van der Waals surface area contributed by atoms with Crippen molar-refractivity contribution in [3.05, 3.63) is 33.9 Å². The molecule has 2 aromatic rings. The number of halogens is 1. The van der Waals surface area contributed by atoms with Crippen LogP contribution in [0.25, 0.3) is 0 Å². The second kappa shape index (κ2) is 6.62. The first-order valence-corrected chi connectivity index (χ1v) is 7.85. The third-order valence-electron chi connectivity index (χ3n) is 3.70. The zero-order chi connectivity index (χ0) is 15.6. The molecule has 6 heteroatoms. The summed E-state index contributed by atoms with van der Waals surface area (Å²) in [5, 5.41) is 20.1. The van der Waals surface area contributed by atoms with Crippen LogP contribution in [0.15, 0.2) is 6.07 Å². The van der Waals surface area contributed by atoms with Crippen LogP contribution >= 0.6 is 11.6 Å². The minimum Gasteiger partial charge on any atom is -0.386 e. The number of aliphatic hydroxyl groups is 1. The lowest BCUT2D eigenvalue weighted by Gasteiger charge is -2.13. The van der Waals surface area contributed by atoms with Crippen LogP contribution in [0.3, 0.4) is 0 Å². The Labute approximate surface area is 130 Å². The van der Waals surface area contributed by atoms with Crippen molar-refractivity contribution < 1.29 is 5.11 Å². The lowest BCUT2D eigenvalue weighted by atomic mass is 10.1. The first-order valence-electron chi connectivity index (χ1n) is 7.48. The highest BCUT2D eigenvalue weighted by Crippen LogP contribution is 2.26. The SMILES string of the molecule is CCc1cc(C(O)Cc2c(Cl)c(C)nn2CC)n(CC)n1. The van der Waals surface area contributed by atoms with E-state index < -0.39 is 6.10 Å². The van der Waals surface area contributed by atoms with Gasteiger partial charge in [0, 0.05) is 19.5 Å². The van der Waals surface area contributed by atoms with Crippen LogP contribution < -0.4 is 0 Å². The summed E-state index contributed by atoms with van der Waals surface area (Å²) in [5.41, 5.74) is 3.52. The number of nitrogens with zero attached hydrogens (tertiary/aromatic N) is 4. The number of hydrogen-bond acceptors (Lipinski definition) is 3. The van der Waals surface area contributed by atoms with Crippen LogP contribution in [0.2, 0.25) is 5.02 Å². The maximum absolute atomic E-state index is 10.6. The third-order valence-corrected chi connectivity index (χ3v) is 4.20. The summed E-state index contributed by atoms with van der Waals surface area (Å²) in [6.07, 6.45) is 0.679. The van der Waals surface area contributed by atoms with Crippen molar-refractivity contribution in [2.45, 2.75) is 59.7 Å². The highest BCUT2D eigenvalue weighted by molar-refractivity contribution is 6.31. The van der Waals surface area contributed by atoms with Crippen molar-refractivity contribution >= 4 is 11.6 Å². The fourth-order valence-corrected chi connectivity index (χ4v) is 2.75. The number of hydrogen-bond donors (Lipinski definition) is 1. The first kappa shape index (κ1) is 16.0. The molecule has 0 fully saturated rings. The van der Waals surface area contributed by atoms with Crippen LogP contribution in [0.4, 0.5) is 0 Å².